The molecule has 112 valence electrons. The summed E-state index contributed by atoms with van der Waals surface area (Å²) in [5.41, 5.74) is 1.01. The van der Waals surface area contributed by atoms with Crippen molar-refractivity contribution in [3.8, 4) is 23.3 Å². The van der Waals surface area contributed by atoms with E-state index in [2.05, 4.69) is 9.89 Å². The lowest BCUT2D eigenvalue weighted by Crippen LogP contribution is -2.23. The van der Waals surface area contributed by atoms with Gasteiger partial charge in [0.05, 0.1) is 13.7 Å². The number of hydrogen-bond donors (Lipinski definition) is 0. The van der Waals surface area contributed by atoms with Crippen LogP contribution in [-0.2, 0) is 6.54 Å². The van der Waals surface area contributed by atoms with Gasteiger partial charge in [-0.1, -0.05) is 11.8 Å². The van der Waals surface area contributed by atoms with Crippen LogP contribution in [0.4, 0.5) is 0 Å². The third kappa shape index (κ3) is 3.10. The van der Waals surface area contributed by atoms with Crippen LogP contribution >= 0.6 is 11.8 Å². The zero-order valence-corrected chi connectivity index (χ0v) is 13.0. The monoisotopic (exact) mass is 313 g/mol. The Morgan fingerprint density at radius 2 is 2.14 bits per heavy atom. The van der Waals surface area contributed by atoms with Gasteiger partial charge in [0.1, 0.15) is 17.3 Å². The van der Waals surface area contributed by atoms with Crippen LogP contribution in [0.1, 0.15) is 5.76 Å². The number of nitriles is 1. The summed E-state index contributed by atoms with van der Waals surface area (Å²) >= 11 is 1.60. The van der Waals surface area contributed by atoms with Crippen LogP contribution in [0, 0.1) is 11.5 Å². The van der Waals surface area contributed by atoms with Crippen LogP contribution in [0.5, 0.6) is 5.75 Å². The fourth-order valence-corrected chi connectivity index (χ4v) is 3.23. The third-order valence-electron chi connectivity index (χ3n) is 3.39. The Morgan fingerprint density at radius 3 is 2.86 bits per heavy atom. The zero-order valence-electron chi connectivity index (χ0n) is 12.2. The van der Waals surface area contributed by atoms with Gasteiger partial charge in [-0.05, 0) is 36.4 Å². The predicted octanol–water partition coefficient (Wildman–Crippen LogP) is 3.34. The number of benzene rings is 1. The summed E-state index contributed by atoms with van der Waals surface area (Å²) in [5.74, 6) is 3.45. The van der Waals surface area contributed by atoms with Crippen LogP contribution < -0.4 is 4.74 Å². The van der Waals surface area contributed by atoms with Crippen molar-refractivity contribution in [2.75, 3.05) is 19.4 Å². The van der Waals surface area contributed by atoms with Crippen molar-refractivity contribution >= 4 is 16.9 Å². The molecule has 3 rings (SSSR count). The highest BCUT2D eigenvalue weighted by Gasteiger charge is 2.21. The summed E-state index contributed by atoms with van der Waals surface area (Å²) in [7, 11) is 1.65. The van der Waals surface area contributed by atoms with Gasteiger partial charge in [0.25, 0.3) is 0 Å². The molecule has 0 bridgehead atoms. The number of amidine groups is 1. The normalized spacial score (nSPS) is 16.0. The second kappa shape index (κ2) is 6.58. The van der Waals surface area contributed by atoms with Crippen molar-refractivity contribution in [1.82, 2.24) is 4.90 Å². The Balaban J connectivity index is 1.73. The smallest absolute Gasteiger partial charge is 0.208 e. The second-order valence-electron chi connectivity index (χ2n) is 4.76. The van der Waals surface area contributed by atoms with Gasteiger partial charge in [-0.25, -0.2) is 0 Å². The molecular formula is C16H15N3O2S. The van der Waals surface area contributed by atoms with Crippen LogP contribution in [0.25, 0.3) is 11.3 Å². The van der Waals surface area contributed by atoms with Crippen molar-refractivity contribution in [3.05, 3.63) is 42.2 Å². The summed E-state index contributed by atoms with van der Waals surface area (Å²) in [6, 6.07) is 11.7. The highest BCUT2D eigenvalue weighted by molar-refractivity contribution is 8.14. The van der Waals surface area contributed by atoms with Crippen molar-refractivity contribution in [3.63, 3.8) is 0 Å². The zero-order chi connectivity index (χ0) is 15.4. The largest absolute Gasteiger partial charge is 0.497 e. The van der Waals surface area contributed by atoms with Crippen LogP contribution in [0.2, 0.25) is 0 Å². The lowest BCUT2D eigenvalue weighted by molar-refractivity contribution is 0.392. The Labute approximate surface area is 133 Å². The average molecular weight is 313 g/mol. The molecule has 0 unspecified atom stereocenters. The molecule has 0 aliphatic carbocycles. The number of ether oxygens (including phenoxy) is 1. The molecule has 0 saturated carbocycles. The topological polar surface area (TPSA) is 61.8 Å². The van der Waals surface area contributed by atoms with Gasteiger partial charge < -0.3 is 14.1 Å². The van der Waals surface area contributed by atoms with Crippen molar-refractivity contribution in [2.45, 2.75) is 6.54 Å². The number of methoxy groups -OCH3 is 1. The van der Waals surface area contributed by atoms with E-state index in [1.54, 1.807) is 18.9 Å². The van der Waals surface area contributed by atoms with Gasteiger partial charge >= 0.3 is 0 Å². The van der Waals surface area contributed by atoms with Gasteiger partial charge in [-0.15, -0.1) is 4.99 Å². The van der Waals surface area contributed by atoms with Crippen molar-refractivity contribution in [1.29, 1.82) is 5.26 Å². The molecule has 1 saturated heterocycles. The molecule has 5 nitrogen and oxygen atoms in total. The lowest BCUT2D eigenvalue weighted by atomic mass is 10.2. The number of hydrogen-bond acceptors (Lipinski definition) is 5. The van der Waals surface area contributed by atoms with E-state index in [0.717, 1.165) is 40.3 Å². The molecule has 0 atom stereocenters. The summed E-state index contributed by atoms with van der Waals surface area (Å²) in [4.78, 5) is 5.90. The van der Waals surface area contributed by atoms with Crippen LogP contribution in [0.3, 0.4) is 0 Å². The minimum atomic E-state index is 0.629. The summed E-state index contributed by atoms with van der Waals surface area (Å²) in [6.07, 6.45) is 1.85. The molecule has 2 aromatic rings. The maximum Gasteiger partial charge on any atom is 0.208 e. The SMILES string of the molecule is COc1ccc(-c2ccc(CN3CCSC3=NC#N)o2)cc1. The minimum absolute atomic E-state index is 0.629. The first-order valence-corrected chi connectivity index (χ1v) is 7.86. The number of rotatable bonds is 4. The maximum atomic E-state index is 8.69. The number of furan rings is 1. The molecule has 22 heavy (non-hydrogen) atoms. The van der Waals surface area contributed by atoms with Crippen LogP contribution in [-0.4, -0.2) is 29.5 Å². The predicted molar refractivity (Wildman–Crippen MR) is 86.6 cm³/mol. The molecule has 2 heterocycles. The fourth-order valence-electron chi connectivity index (χ4n) is 2.29. The van der Waals surface area contributed by atoms with E-state index >= 15 is 0 Å². The van der Waals surface area contributed by atoms with Gasteiger partial charge in [0, 0.05) is 17.9 Å². The van der Waals surface area contributed by atoms with E-state index in [-0.39, 0.29) is 0 Å². The van der Waals surface area contributed by atoms with E-state index < -0.39 is 0 Å². The minimum Gasteiger partial charge on any atom is -0.497 e. The third-order valence-corrected chi connectivity index (χ3v) is 4.39. The quantitative estimate of drug-likeness (QED) is 0.810. The standard InChI is InChI=1S/C16H15N3O2S/c1-20-13-4-2-12(3-5-13)15-7-6-14(21-15)10-19-8-9-22-16(19)18-11-17/h2-7H,8-10H2,1H3. The Bertz CT molecular complexity index is 716. The molecule has 1 aromatic carbocycles. The maximum absolute atomic E-state index is 8.69. The molecule has 0 spiro atoms. The Hall–Kier alpha value is -2.39. The number of thioether (sulfide) groups is 1. The van der Waals surface area contributed by atoms with Crippen molar-refractivity contribution < 1.29 is 9.15 Å². The van der Waals surface area contributed by atoms with Crippen molar-refractivity contribution in [2.24, 2.45) is 4.99 Å². The highest BCUT2D eigenvalue weighted by atomic mass is 32.2. The molecule has 1 aliphatic heterocycles. The second-order valence-corrected chi connectivity index (χ2v) is 5.82. The van der Waals surface area contributed by atoms with Gasteiger partial charge in [0.15, 0.2) is 5.17 Å². The Morgan fingerprint density at radius 1 is 1.32 bits per heavy atom. The van der Waals surface area contributed by atoms with E-state index in [1.165, 1.54) is 0 Å². The van der Waals surface area contributed by atoms with Crippen LogP contribution in [0.15, 0.2) is 45.8 Å². The molecule has 6 heteroatoms. The molecule has 0 amide bonds. The number of nitrogens with zero attached hydrogens (tertiary/aromatic N) is 3. The fraction of sp³-hybridized carbons (Fsp3) is 0.250. The molecule has 0 radical (unpaired) electrons. The lowest BCUT2D eigenvalue weighted by Gasteiger charge is -2.14. The average Bonchev–Trinajstić information content (AvgIpc) is 3.18. The summed E-state index contributed by atoms with van der Waals surface area (Å²) < 4.78 is 11.1. The number of aliphatic imine (C=N–C) groups is 1. The first-order valence-electron chi connectivity index (χ1n) is 6.88. The van der Waals surface area contributed by atoms with E-state index in [9.17, 15) is 0 Å². The molecule has 0 N–H and O–H groups in total. The van der Waals surface area contributed by atoms with E-state index in [1.807, 2.05) is 42.6 Å². The molecular weight excluding hydrogens is 298 g/mol. The van der Waals surface area contributed by atoms with Gasteiger partial charge in [-0.3, -0.25) is 0 Å². The molecule has 1 aromatic heterocycles. The van der Waals surface area contributed by atoms with E-state index in [0.29, 0.717) is 6.54 Å². The van der Waals surface area contributed by atoms with E-state index in [4.69, 9.17) is 14.4 Å². The van der Waals surface area contributed by atoms with Gasteiger partial charge in [-0.2, -0.15) is 5.26 Å². The van der Waals surface area contributed by atoms with Gasteiger partial charge in [0.2, 0.25) is 6.19 Å². The Kier molecular flexibility index (Phi) is 4.35. The summed E-state index contributed by atoms with van der Waals surface area (Å²) in [6.45, 7) is 1.51. The first-order chi connectivity index (χ1) is 10.8. The molecule has 1 fully saturated rings. The first kappa shape index (κ1) is 14.5. The highest BCUT2D eigenvalue weighted by Crippen LogP contribution is 2.26. The molecule has 1 aliphatic rings. The summed E-state index contributed by atoms with van der Waals surface area (Å²) in [5, 5.41) is 9.46.